The molecule has 0 radical (unpaired) electrons. The summed E-state index contributed by atoms with van der Waals surface area (Å²) in [6, 6.07) is 4.39. The van der Waals surface area contributed by atoms with Gasteiger partial charge in [0.2, 0.25) is 0 Å². The monoisotopic (exact) mass is 344 g/mol. The van der Waals surface area contributed by atoms with Crippen LogP contribution in [0.4, 0.5) is 0 Å². The van der Waals surface area contributed by atoms with Crippen LogP contribution in [0.15, 0.2) is 15.9 Å². The van der Waals surface area contributed by atoms with E-state index in [1.807, 2.05) is 11.3 Å². The molecule has 108 valence electrons. The average molecular weight is 345 g/mol. The van der Waals surface area contributed by atoms with Crippen molar-refractivity contribution in [2.24, 2.45) is 5.92 Å². The van der Waals surface area contributed by atoms with Crippen molar-refractivity contribution in [2.75, 3.05) is 19.6 Å². The van der Waals surface area contributed by atoms with Gasteiger partial charge in [0.15, 0.2) is 0 Å². The highest BCUT2D eigenvalue weighted by molar-refractivity contribution is 9.11. The SMILES string of the molecule is CC(C)(C)NCC1CCN(Cc2ccc(Br)s2)CC1. The van der Waals surface area contributed by atoms with Crippen molar-refractivity contribution >= 4 is 27.3 Å². The number of nitrogens with one attached hydrogen (secondary N) is 1. The molecule has 1 aliphatic rings. The standard InChI is InChI=1S/C15H25BrN2S/c1-15(2,3)17-10-12-6-8-18(9-7-12)11-13-4-5-14(16)19-13/h4-5,12,17H,6-11H2,1-3H3. The zero-order valence-electron chi connectivity index (χ0n) is 12.2. The summed E-state index contributed by atoms with van der Waals surface area (Å²) in [7, 11) is 0. The minimum atomic E-state index is 0.250. The summed E-state index contributed by atoms with van der Waals surface area (Å²) in [4.78, 5) is 4.06. The van der Waals surface area contributed by atoms with Gasteiger partial charge in [-0.1, -0.05) is 0 Å². The van der Waals surface area contributed by atoms with E-state index < -0.39 is 0 Å². The molecule has 2 rings (SSSR count). The lowest BCUT2D eigenvalue weighted by molar-refractivity contribution is 0.171. The molecule has 1 N–H and O–H groups in total. The molecule has 2 nitrogen and oxygen atoms in total. The summed E-state index contributed by atoms with van der Waals surface area (Å²) in [6.45, 7) is 11.5. The lowest BCUT2D eigenvalue weighted by atomic mass is 9.95. The number of halogens is 1. The first-order valence-electron chi connectivity index (χ1n) is 7.14. The molecule has 1 aromatic rings. The van der Waals surface area contributed by atoms with Crippen molar-refractivity contribution in [2.45, 2.75) is 45.7 Å². The van der Waals surface area contributed by atoms with E-state index in [1.165, 1.54) is 41.1 Å². The zero-order chi connectivity index (χ0) is 13.9. The van der Waals surface area contributed by atoms with Gasteiger partial charge in [0, 0.05) is 17.0 Å². The molecule has 19 heavy (non-hydrogen) atoms. The third kappa shape index (κ3) is 5.54. The fourth-order valence-electron chi connectivity index (χ4n) is 2.46. The second-order valence-electron chi connectivity index (χ2n) is 6.56. The van der Waals surface area contributed by atoms with Crippen molar-refractivity contribution in [3.8, 4) is 0 Å². The molecule has 1 aromatic heterocycles. The van der Waals surface area contributed by atoms with Crippen molar-refractivity contribution in [1.82, 2.24) is 10.2 Å². The van der Waals surface area contributed by atoms with E-state index in [-0.39, 0.29) is 5.54 Å². The van der Waals surface area contributed by atoms with Gasteiger partial charge in [-0.25, -0.2) is 0 Å². The Morgan fingerprint density at radius 2 is 2.00 bits per heavy atom. The molecule has 0 spiro atoms. The Bertz CT molecular complexity index is 389. The van der Waals surface area contributed by atoms with Gasteiger partial charge < -0.3 is 5.32 Å². The molecular formula is C15H25BrN2S. The van der Waals surface area contributed by atoms with Crippen LogP contribution in [0.1, 0.15) is 38.5 Å². The highest BCUT2D eigenvalue weighted by atomic mass is 79.9. The third-order valence-electron chi connectivity index (χ3n) is 3.64. The predicted octanol–water partition coefficient (Wildman–Crippen LogP) is 4.11. The number of piperidine rings is 1. The molecule has 0 bridgehead atoms. The fraction of sp³-hybridized carbons (Fsp3) is 0.733. The van der Waals surface area contributed by atoms with Crippen LogP contribution >= 0.6 is 27.3 Å². The van der Waals surface area contributed by atoms with Crippen LogP contribution in [0.3, 0.4) is 0 Å². The molecule has 1 fully saturated rings. The van der Waals surface area contributed by atoms with E-state index in [4.69, 9.17) is 0 Å². The van der Waals surface area contributed by atoms with Crippen LogP contribution in [0.25, 0.3) is 0 Å². The minimum absolute atomic E-state index is 0.250. The highest BCUT2D eigenvalue weighted by Gasteiger charge is 2.21. The Kier molecular flexibility index (Phi) is 5.46. The lowest BCUT2D eigenvalue weighted by Gasteiger charge is -2.33. The maximum Gasteiger partial charge on any atom is 0.0701 e. The van der Waals surface area contributed by atoms with Gasteiger partial charge in [-0.05, 0) is 87.2 Å². The van der Waals surface area contributed by atoms with Crippen LogP contribution < -0.4 is 5.32 Å². The van der Waals surface area contributed by atoms with E-state index in [0.29, 0.717) is 0 Å². The summed E-state index contributed by atoms with van der Waals surface area (Å²) >= 11 is 5.40. The summed E-state index contributed by atoms with van der Waals surface area (Å²) in [5.74, 6) is 0.852. The van der Waals surface area contributed by atoms with Gasteiger partial charge in [0.1, 0.15) is 0 Å². The van der Waals surface area contributed by atoms with Crippen LogP contribution in [0.5, 0.6) is 0 Å². The molecule has 0 saturated carbocycles. The number of likely N-dealkylation sites (tertiary alicyclic amines) is 1. The quantitative estimate of drug-likeness (QED) is 0.883. The Morgan fingerprint density at radius 3 is 2.53 bits per heavy atom. The Morgan fingerprint density at radius 1 is 1.32 bits per heavy atom. The summed E-state index contributed by atoms with van der Waals surface area (Å²) in [5, 5.41) is 3.64. The van der Waals surface area contributed by atoms with Crippen molar-refractivity contribution in [1.29, 1.82) is 0 Å². The van der Waals surface area contributed by atoms with Crippen molar-refractivity contribution in [3.63, 3.8) is 0 Å². The molecule has 0 unspecified atom stereocenters. The number of thiophene rings is 1. The Hall–Kier alpha value is 0.1000. The van der Waals surface area contributed by atoms with Gasteiger partial charge in [0.05, 0.1) is 3.79 Å². The Labute approximate surface area is 129 Å². The second-order valence-corrected chi connectivity index (χ2v) is 9.10. The molecule has 4 heteroatoms. The maximum absolute atomic E-state index is 3.64. The lowest BCUT2D eigenvalue weighted by Crippen LogP contribution is -2.42. The highest BCUT2D eigenvalue weighted by Crippen LogP contribution is 2.25. The number of rotatable bonds is 4. The average Bonchev–Trinajstić information content (AvgIpc) is 2.73. The van der Waals surface area contributed by atoms with Crippen molar-refractivity contribution in [3.05, 3.63) is 20.8 Å². The normalized spacial score (nSPS) is 18.9. The van der Waals surface area contributed by atoms with Gasteiger partial charge in [-0.3, -0.25) is 4.90 Å². The van der Waals surface area contributed by atoms with E-state index in [9.17, 15) is 0 Å². The number of nitrogens with zero attached hydrogens (tertiary/aromatic N) is 1. The van der Waals surface area contributed by atoms with Crippen LogP contribution in [0, 0.1) is 5.92 Å². The summed E-state index contributed by atoms with van der Waals surface area (Å²) in [6.07, 6.45) is 2.66. The van der Waals surface area contributed by atoms with E-state index in [2.05, 4.69) is 59.1 Å². The van der Waals surface area contributed by atoms with Gasteiger partial charge in [-0.2, -0.15) is 0 Å². The molecule has 0 aromatic carbocycles. The Balaban J connectivity index is 1.70. The van der Waals surface area contributed by atoms with Gasteiger partial charge in [-0.15, -0.1) is 11.3 Å². The predicted molar refractivity (Wildman–Crippen MR) is 87.8 cm³/mol. The number of hydrogen-bond acceptors (Lipinski definition) is 3. The first-order chi connectivity index (χ1) is 8.92. The molecule has 1 saturated heterocycles. The van der Waals surface area contributed by atoms with Crippen molar-refractivity contribution < 1.29 is 0 Å². The maximum atomic E-state index is 3.64. The third-order valence-corrected chi connectivity index (χ3v) is 5.24. The van der Waals surface area contributed by atoms with Crippen LogP contribution in [-0.2, 0) is 6.54 Å². The topological polar surface area (TPSA) is 15.3 Å². The molecule has 0 aliphatic carbocycles. The van der Waals surface area contributed by atoms with Gasteiger partial charge in [0.25, 0.3) is 0 Å². The molecule has 0 atom stereocenters. The zero-order valence-corrected chi connectivity index (χ0v) is 14.6. The second kappa shape index (κ2) is 6.70. The summed E-state index contributed by atoms with van der Waals surface area (Å²) < 4.78 is 1.24. The molecule has 2 heterocycles. The minimum Gasteiger partial charge on any atom is -0.312 e. The number of hydrogen-bond donors (Lipinski definition) is 1. The summed E-state index contributed by atoms with van der Waals surface area (Å²) in [5.41, 5.74) is 0.250. The first-order valence-corrected chi connectivity index (χ1v) is 8.75. The van der Waals surface area contributed by atoms with E-state index in [0.717, 1.165) is 12.5 Å². The van der Waals surface area contributed by atoms with E-state index >= 15 is 0 Å². The molecular weight excluding hydrogens is 320 g/mol. The largest absolute Gasteiger partial charge is 0.312 e. The van der Waals surface area contributed by atoms with Gasteiger partial charge >= 0.3 is 0 Å². The fourth-order valence-corrected chi connectivity index (χ4v) is 3.98. The first kappa shape index (κ1) is 15.5. The van der Waals surface area contributed by atoms with E-state index in [1.54, 1.807) is 0 Å². The smallest absolute Gasteiger partial charge is 0.0701 e. The van der Waals surface area contributed by atoms with Crippen LogP contribution in [-0.4, -0.2) is 30.1 Å². The molecule has 0 amide bonds. The van der Waals surface area contributed by atoms with Crippen LogP contribution in [0.2, 0.25) is 0 Å². The molecule has 1 aliphatic heterocycles.